The maximum Gasteiger partial charge on any atom is 0.305 e. The first-order chi connectivity index (χ1) is 13.0. The summed E-state index contributed by atoms with van der Waals surface area (Å²) in [5, 5.41) is 19.2. The van der Waals surface area contributed by atoms with Crippen LogP contribution in [0.1, 0.15) is 60.3 Å². The van der Waals surface area contributed by atoms with Gasteiger partial charge in [-0.15, -0.1) is 0 Å². The number of aromatic nitrogens is 1. The van der Waals surface area contributed by atoms with Gasteiger partial charge in [0, 0.05) is 31.6 Å². The standard InChI is InChI=1S/C18H26N4O4S/c23-15(24)6-8-19-17(25)16-13-11-22(9-7-14(13)26-21-16)18(27)20-10-12-4-2-1-3-5-12/h12H,1-11H2,(H,19,25)(H,20,27)(H,23,24). The molecule has 0 saturated heterocycles. The number of carboxylic acid groups (broad SMARTS) is 1. The number of aliphatic carboxylic acids is 1. The van der Waals surface area contributed by atoms with Crippen molar-refractivity contribution in [3.8, 4) is 0 Å². The van der Waals surface area contributed by atoms with E-state index in [1.807, 2.05) is 4.90 Å². The summed E-state index contributed by atoms with van der Waals surface area (Å²) in [6, 6.07) is 0. The highest BCUT2D eigenvalue weighted by molar-refractivity contribution is 7.80. The molecule has 0 bridgehead atoms. The summed E-state index contributed by atoms with van der Waals surface area (Å²) in [5.41, 5.74) is 0.950. The zero-order valence-corrected chi connectivity index (χ0v) is 16.1. The molecule has 1 amide bonds. The largest absolute Gasteiger partial charge is 0.481 e. The molecule has 1 saturated carbocycles. The highest BCUT2D eigenvalue weighted by Gasteiger charge is 2.28. The number of hydrogen-bond donors (Lipinski definition) is 3. The lowest BCUT2D eigenvalue weighted by molar-refractivity contribution is -0.136. The number of carboxylic acids is 1. The summed E-state index contributed by atoms with van der Waals surface area (Å²) >= 11 is 5.55. The molecule has 27 heavy (non-hydrogen) atoms. The fraction of sp³-hybridized carbons (Fsp3) is 0.667. The third-order valence-corrected chi connectivity index (χ3v) is 5.62. The fourth-order valence-corrected chi connectivity index (χ4v) is 3.90. The van der Waals surface area contributed by atoms with Crippen molar-refractivity contribution < 1.29 is 19.2 Å². The maximum atomic E-state index is 12.3. The Morgan fingerprint density at radius 2 is 2.04 bits per heavy atom. The van der Waals surface area contributed by atoms with E-state index in [1.165, 1.54) is 32.1 Å². The summed E-state index contributed by atoms with van der Waals surface area (Å²) in [4.78, 5) is 24.9. The quantitative estimate of drug-likeness (QED) is 0.626. The molecule has 1 aliphatic carbocycles. The van der Waals surface area contributed by atoms with Crippen molar-refractivity contribution in [3.05, 3.63) is 17.0 Å². The van der Waals surface area contributed by atoms with Crippen LogP contribution in [-0.4, -0.2) is 51.8 Å². The van der Waals surface area contributed by atoms with Gasteiger partial charge in [-0.2, -0.15) is 0 Å². The average Bonchev–Trinajstić information content (AvgIpc) is 3.10. The third-order valence-electron chi connectivity index (χ3n) is 5.22. The number of nitrogens with zero attached hydrogens (tertiary/aromatic N) is 2. The van der Waals surface area contributed by atoms with Crippen LogP contribution < -0.4 is 10.6 Å². The van der Waals surface area contributed by atoms with Gasteiger partial charge < -0.3 is 25.2 Å². The van der Waals surface area contributed by atoms with Gasteiger partial charge in [-0.3, -0.25) is 9.59 Å². The van der Waals surface area contributed by atoms with Crippen molar-refractivity contribution in [2.45, 2.75) is 51.5 Å². The minimum atomic E-state index is -0.960. The van der Waals surface area contributed by atoms with E-state index in [2.05, 4.69) is 15.8 Å². The number of thiocarbonyl (C=S) groups is 1. The number of fused-ring (bicyclic) bond motifs is 1. The SMILES string of the molecule is O=C(O)CCNC(=O)c1noc2c1CN(C(=S)NCC1CCCCC1)CC2. The van der Waals surface area contributed by atoms with Gasteiger partial charge in [-0.25, -0.2) is 0 Å². The Morgan fingerprint density at radius 3 is 2.78 bits per heavy atom. The van der Waals surface area contributed by atoms with Gasteiger partial charge in [0.15, 0.2) is 10.8 Å². The Balaban J connectivity index is 1.54. The summed E-state index contributed by atoms with van der Waals surface area (Å²) in [7, 11) is 0. The lowest BCUT2D eigenvalue weighted by atomic mass is 9.89. The topological polar surface area (TPSA) is 108 Å². The molecular formula is C18H26N4O4S. The first kappa shape index (κ1) is 19.6. The predicted octanol–water partition coefficient (Wildman–Crippen LogP) is 1.69. The molecule has 0 spiro atoms. The molecule has 148 valence electrons. The van der Waals surface area contributed by atoms with Crippen molar-refractivity contribution in [2.24, 2.45) is 5.92 Å². The molecule has 1 fully saturated rings. The number of carbonyl (C=O) groups is 2. The fourth-order valence-electron chi connectivity index (χ4n) is 3.66. The average molecular weight is 394 g/mol. The second-order valence-electron chi connectivity index (χ2n) is 7.19. The Labute approximate surface area is 163 Å². The molecule has 1 aliphatic heterocycles. The van der Waals surface area contributed by atoms with E-state index in [0.29, 0.717) is 29.8 Å². The molecule has 1 aromatic heterocycles. The number of hydrogen-bond acceptors (Lipinski definition) is 5. The minimum absolute atomic E-state index is 0.0564. The van der Waals surface area contributed by atoms with E-state index >= 15 is 0 Å². The number of carbonyl (C=O) groups excluding carboxylic acids is 1. The van der Waals surface area contributed by atoms with Crippen molar-refractivity contribution >= 4 is 29.2 Å². The lowest BCUT2D eigenvalue weighted by Gasteiger charge is -2.30. The second-order valence-corrected chi connectivity index (χ2v) is 7.58. The van der Waals surface area contributed by atoms with Crippen LogP contribution in [0.4, 0.5) is 0 Å². The number of rotatable bonds is 6. The first-order valence-corrected chi connectivity index (χ1v) is 9.95. The molecule has 0 aromatic carbocycles. The van der Waals surface area contributed by atoms with Crippen LogP contribution in [0.5, 0.6) is 0 Å². The van der Waals surface area contributed by atoms with Crippen LogP contribution in [0.3, 0.4) is 0 Å². The van der Waals surface area contributed by atoms with E-state index in [9.17, 15) is 9.59 Å². The Hall–Kier alpha value is -2.16. The molecule has 1 aromatic rings. The Morgan fingerprint density at radius 1 is 1.26 bits per heavy atom. The Bertz CT molecular complexity index is 700. The normalized spacial score (nSPS) is 17.3. The number of nitrogens with one attached hydrogen (secondary N) is 2. The molecule has 0 radical (unpaired) electrons. The maximum absolute atomic E-state index is 12.3. The monoisotopic (exact) mass is 394 g/mol. The molecule has 8 nitrogen and oxygen atoms in total. The first-order valence-electron chi connectivity index (χ1n) is 9.54. The zero-order chi connectivity index (χ0) is 19.2. The van der Waals surface area contributed by atoms with E-state index in [1.54, 1.807) is 0 Å². The van der Waals surface area contributed by atoms with Crippen LogP contribution in [0.25, 0.3) is 0 Å². The summed E-state index contributed by atoms with van der Waals surface area (Å²) < 4.78 is 5.30. The van der Waals surface area contributed by atoms with Crippen molar-refractivity contribution in [2.75, 3.05) is 19.6 Å². The molecule has 2 heterocycles. The van der Waals surface area contributed by atoms with Gasteiger partial charge in [0.1, 0.15) is 5.76 Å². The van der Waals surface area contributed by atoms with Gasteiger partial charge in [0.25, 0.3) is 5.91 Å². The summed E-state index contributed by atoms with van der Waals surface area (Å²) in [5.74, 6) is 0.00941. The van der Waals surface area contributed by atoms with Gasteiger partial charge in [-0.05, 0) is 31.0 Å². The highest BCUT2D eigenvalue weighted by atomic mass is 32.1. The van der Waals surface area contributed by atoms with E-state index in [-0.39, 0.29) is 18.7 Å². The van der Waals surface area contributed by atoms with Crippen molar-refractivity contribution in [1.29, 1.82) is 0 Å². The third kappa shape index (κ3) is 5.18. The summed E-state index contributed by atoms with van der Waals surface area (Å²) in [6.45, 7) is 2.14. The molecule has 3 rings (SSSR count). The van der Waals surface area contributed by atoms with Gasteiger partial charge in [0.2, 0.25) is 0 Å². The second kappa shape index (κ2) is 9.16. The minimum Gasteiger partial charge on any atom is -0.481 e. The van der Waals surface area contributed by atoms with E-state index < -0.39 is 11.9 Å². The highest BCUT2D eigenvalue weighted by Crippen LogP contribution is 2.24. The van der Waals surface area contributed by atoms with Crippen molar-refractivity contribution in [1.82, 2.24) is 20.7 Å². The molecule has 0 unspecified atom stereocenters. The molecule has 3 N–H and O–H groups in total. The lowest BCUT2D eigenvalue weighted by Crippen LogP contribution is -2.44. The van der Waals surface area contributed by atoms with Crippen LogP contribution in [0.2, 0.25) is 0 Å². The molecule has 9 heteroatoms. The van der Waals surface area contributed by atoms with Crippen molar-refractivity contribution in [3.63, 3.8) is 0 Å². The molecule has 2 aliphatic rings. The van der Waals surface area contributed by atoms with Crippen LogP contribution in [0, 0.1) is 5.92 Å². The van der Waals surface area contributed by atoms with Crippen LogP contribution in [0.15, 0.2) is 4.52 Å². The van der Waals surface area contributed by atoms with Gasteiger partial charge >= 0.3 is 5.97 Å². The predicted molar refractivity (Wildman–Crippen MR) is 102 cm³/mol. The zero-order valence-electron chi connectivity index (χ0n) is 15.3. The van der Waals surface area contributed by atoms with Gasteiger partial charge in [-0.1, -0.05) is 24.4 Å². The van der Waals surface area contributed by atoms with E-state index in [0.717, 1.165) is 18.7 Å². The summed E-state index contributed by atoms with van der Waals surface area (Å²) in [6.07, 6.45) is 6.95. The van der Waals surface area contributed by atoms with Gasteiger partial charge in [0.05, 0.1) is 13.0 Å². The van der Waals surface area contributed by atoms with Crippen LogP contribution in [-0.2, 0) is 17.8 Å². The van der Waals surface area contributed by atoms with E-state index in [4.69, 9.17) is 21.8 Å². The molecule has 0 atom stereocenters. The molecular weight excluding hydrogens is 368 g/mol. The van der Waals surface area contributed by atoms with Crippen LogP contribution >= 0.6 is 12.2 Å². The Kier molecular flexibility index (Phi) is 6.65. The number of amides is 1. The smallest absolute Gasteiger partial charge is 0.305 e.